The van der Waals surface area contributed by atoms with Crippen molar-refractivity contribution in [3.05, 3.63) is 35.4 Å². The Morgan fingerprint density at radius 1 is 1.33 bits per heavy atom. The second-order valence-electron chi connectivity index (χ2n) is 5.20. The molecule has 0 aliphatic heterocycles. The lowest BCUT2D eigenvalue weighted by Crippen LogP contribution is -2.42. The molecule has 0 aliphatic carbocycles. The molecule has 0 aliphatic rings. The van der Waals surface area contributed by atoms with E-state index in [9.17, 15) is 4.79 Å². The maximum absolute atomic E-state index is 11.7. The molecule has 0 saturated heterocycles. The van der Waals surface area contributed by atoms with Crippen LogP contribution in [0.25, 0.3) is 0 Å². The first-order valence-corrected chi connectivity index (χ1v) is 6.58. The van der Waals surface area contributed by atoms with Crippen LogP contribution in [0.4, 0.5) is 0 Å². The Morgan fingerprint density at radius 2 is 2.00 bits per heavy atom. The van der Waals surface area contributed by atoms with E-state index in [1.165, 1.54) is 11.1 Å². The summed E-state index contributed by atoms with van der Waals surface area (Å²) in [7, 11) is 0. The van der Waals surface area contributed by atoms with Gasteiger partial charge in [-0.25, -0.2) is 0 Å². The molecule has 0 heterocycles. The molecule has 1 aromatic rings. The first-order valence-electron chi connectivity index (χ1n) is 6.58. The van der Waals surface area contributed by atoms with Crippen LogP contribution in [-0.4, -0.2) is 18.5 Å². The molecule has 100 valence electrons. The van der Waals surface area contributed by atoms with E-state index in [4.69, 9.17) is 5.73 Å². The fraction of sp³-hybridized carbons (Fsp3) is 0.533. The average molecular weight is 248 g/mol. The van der Waals surface area contributed by atoms with E-state index in [0.29, 0.717) is 12.5 Å². The number of rotatable bonds is 6. The average Bonchev–Trinajstić information content (AvgIpc) is 2.30. The lowest BCUT2D eigenvalue weighted by atomic mass is 10.0. The van der Waals surface area contributed by atoms with Crippen molar-refractivity contribution in [3.8, 4) is 0 Å². The third kappa shape index (κ3) is 4.88. The van der Waals surface area contributed by atoms with Gasteiger partial charge in [0.15, 0.2) is 0 Å². The number of nitrogens with one attached hydrogen (secondary N) is 1. The van der Waals surface area contributed by atoms with E-state index in [1.807, 2.05) is 12.1 Å². The fourth-order valence-electron chi connectivity index (χ4n) is 1.96. The lowest BCUT2D eigenvalue weighted by molar-refractivity contribution is -0.122. The molecule has 3 heteroatoms. The van der Waals surface area contributed by atoms with Gasteiger partial charge in [-0.3, -0.25) is 4.79 Å². The van der Waals surface area contributed by atoms with Crippen LogP contribution in [0.1, 0.15) is 31.4 Å². The zero-order valence-corrected chi connectivity index (χ0v) is 11.6. The van der Waals surface area contributed by atoms with Gasteiger partial charge in [0.05, 0.1) is 6.04 Å². The smallest absolute Gasteiger partial charge is 0.236 e. The highest BCUT2D eigenvalue weighted by molar-refractivity contribution is 5.81. The molecule has 1 atom stereocenters. The Bertz CT molecular complexity index is 388. The number of carbonyl (C=O) groups is 1. The van der Waals surface area contributed by atoms with Gasteiger partial charge in [-0.2, -0.15) is 0 Å². The number of nitrogens with two attached hydrogens (primary N) is 1. The normalized spacial score (nSPS) is 12.5. The van der Waals surface area contributed by atoms with E-state index < -0.39 is 0 Å². The van der Waals surface area contributed by atoms with Crippen LogP contribution >= 0.6 is 0 Å². The number of benzene rings is 1. The predicted molar refractivity (Wildman–Crippen MR) is 75.3 cm³/mol. The summed E-state index contributed by atoms with van der Waals surface area (Å²) >= 11 is 0. The second kappa shape index (κ2) is 7.17. The lowest BCUT2D eigenvalue weighted by Gasteiger charge is -2.14. The molecule has 0 spiro atoms. The Labute approximate surface area is 110 Å². The second-order valence-corrected chi connectivity index (χ2v) is 5.20. The van der Waals surface area contributed by atoms with Gasteiger partial charge in [-0.1, -0.05) is 38.1 Å². The molecular weight excluding hydrogens is 224 g/mol. The van der Waals surface area contributed by atoms with Gasteiger partial charge in [0.25, 0.3) is 0 Å². The third-order valence-electron chi connectivity index (χ3n) is 3.02. The summed E-state index contributed by atoms with van der Waals surface area (Å²) in [5.74, 6) is 0.402. The first kappa shape index (κ1) is 14.7. The molecule has 0 aromatic heterocycles. The third-order valence-corrected chi connectivity index (χ3v) is 3.02. The molecule has 0 bridgehead atoms. The fourth-order valence-corrected chi connectivity index (χ4v) is 1.96. The monoisotopic (exact) mass is 248 g/mol. The topological polar surface area (TPSA) is 55.1 Å². The highest BCUT2D eigenvalue weighted by Crippen LogP contribution is 2.07. The minimum absolute atomic E-state index is 0.0442. The summed E-state index contributed by atoms with van der Waals surface area (Å²) in [6, 6.07) is 7.84. The van der Waals surface area contributed by atoms with Crippen molar-refractivity contribution in [2.45, 2.75) is 39.7 Å². The molecular formula is C15H24N2O. The molecule has 1 amide bonds. The number of aryl methyl sites for hydroxylation is 1. The van der Waals surface area contributed by atoms with E-state index in [-0.39, 0.29) is 11.9 Å². The quantitative estimate of drug-likeness (QED) is 0.809. The molecule has 0 saturated carbocycles. The summed E-state index contributed by atoms with van der Waals surface area (Å²) in [6.07, 6.45) is 1.59. The van der Waals surface area contributed by atoms with E-state index in [0.717, 1.165) is 12.8 Å². The molecule has 0 unspecified atom stereocenters. The van der Waals surface area contributed by atoms with Crippen LogP contribution in [0.5, 0.6) is 0 Å². The van der Waals surface area contributed by atoms with E-state index >= 15 is 0 Å². The molecule has 18 heavy (non-hydrogen) atoms. The van der Waals surface area contributed by atoms with Crippen LogP contribution in [0, 0.1) is 12.8 Å². The summed E-state index contributed by atoms with van der Waals surface area (Å²) in [4.78, 5) is 11.7. The zero-order chi connectivity index (χ0) is 13.5. The summed E-state index contributed by atoms with van der Waals surface area (Å²) in [5, 5.41) is 2.90. The van der Waals surface area contributed by atoms with Crippen molar-refractivity contribution in [2.24, 2.45) is 11.7 Å². The maximum atomic E-state index is 11.7. The first-order chi connectivity index (χ1) is 8.50. The van der Waals surface area contributed by atoms with Crippen molar-refractivity contribution in [2.75, 3.05) is 6.54 Å². The minimum atomic E-state index is -0.387. The summed E-state index contributed by atoms with van der Waals surface area (Å²) in [6.45, 7) is 6.87. The number of amides is 1. The molecule has 0 fully saturated rings. The zero-order valence-electron chi connectivity index (χ0n) is 11.6. The van der Waals surface area contributed by atoms with Gasteiger partial charge < -0.3 is 11.1 Å². The van der Waals surface area contributed by atoms with Gasteiger partial charge in [-0.15, -0.1) is 0 Å². The SMILES string of the molecule is Cc1ccccc1CCNC(=O)[C@@H](N)CC(C)C. The molecule has 1 rings (SSSR count). The van der Waals surface area contributed by atoms with Gasteiger partial charge in [0, 0.05) is 6.54 Å². The van der Waals surface area contributed by atoms with Crippen molar-refractivity contribution in [3.63, 3.8) is 0 Å². The van der Waals surface area contributed by atoms with Gasteiger partial charge >= 0.3 is 0 Å². The van der Waals surface area contributed by atoms with Crippen LogP contribution in [0.3, 0.4) is 0 Å². The summed E-state index contributed by atoms with van der Waals surface area (Å²) in [5.41, 5.74) is 8.35. The molecule has 0 radical (unpaired) electrons. The van der Waals surface area contributed by atoms with E-state index in [2.05, 4.69) is 38.2 Å². The minimum Gasteiger partial charge on any atom is -0.354 e. The Balaban J connectivity index is 2.34. The number of hydrogen-bond donors (Lipinski definition) is 2. The van der Waals surface area contributed by atoms with E-state index in [1.54, 1.807) is 0 Å². The molecule has 1 aromatic carbocycles. The van der Waals surface area contributed by atoms with Crippen LogP contribution in [0.2, 0.25) is 0 Å². The Kier molecular flexibility index (Phi) is 5.86. The standard InChI is InChI=1S/C15H24N2O/c1-11(2)10-14(16)15(18)17-9-8-13-7-5-4-6-12(13)3/h4-7,11,14H,8-10,16H2,1-3H3,(H,17,18)/t14-/m0/s1. The van der Waals surface area contributed by atoms with Crippen molar-refractivity contribution >= 4 is 5.91 Å². The largest absolute Gasteiger partial charge is 0.354 e. The van der Waals surface area contributed by atoms with Gasteiger partial charge in [0.2, 0.25) is 5.91 Å². The van der Waals surface area contributed by atoms with Crippen molar-refractivity contribution < 1.29 is 4.79 Å². The highest BCUT2D eigenvalue weighted by atomic mass is 16.2. The number of hydrogen-bond acceptors (Lipinski definition) is 2. The maximum Gasteiger partial charge on any atom is 0.236 e. The van der Waals surface area contributed by atoms with Gasteiger partial charge in [-0.05, 0) is 36.8 Å². The summed E-state index contributed by atoms with van der Waals surface area (Å²) < 4.78 is 0. The Hall–Kier alpha value is -1.35. The molecule has 3 N–H and O–H groups in total. The van der Waals surface area contributed by atoms with Crippen LogP contribution < -0.4 is 11.1 Å². The number of carbonyl (C=O) groups excluding carboxylic acids is 1. The predicted octanol–water partition coefficient (Wildman–Crippen LogP) is 2.03. The van der Waals surface area contributed by atoms with Crippen molar-refractivity contribution in [1.29, 1.82) is 0 Å². The molecule has 3 nitrogen and oxygen atoms in total. The highest BCUT2D eigenvalue weighted by Gasteiger charge is 2.14. The van der Waals surface area contributed by atoms with Gasteiger partial charge in [0.1, 0.15) is 0 Å². The van der Waals surface area contributed by atoms with Crippen LogP contribution in [0.15, 0.2) is 24.3 Å². The van der Waals surface area contributed by atoms with Crippen molar-refractivity contribution in [1.82, 2.24) is 5.32 Å². The van der Waals surface area contributed by atoms with Crippen LogP contribution in [-0.2, 0) is 11.2 Å². The Morgan fingerprint density at radius 3 is 2.61 bits per heavy atom.